The predicted molar refractivity (Wildman–Crippen MR) is 83.7 cm³/mol. The fourth-order valence-electron chi connectivity index (χ4n) is 2.79. The molecule has 0 radical (unpaired) electrons. The van der Waals surface area contributed by atoms with Crippen LogP contribution in [0.1, 0.15) is 39.5 Å². The molecular formula is C13H20N2O4S2. The monoisotopic (exact) mass is 332 g/mol. The van der Waals surface area contributed by atoms with Crippen molar-refractivity contribution in [2.24, 2.45) is 5.41 Å². The Morgan fingerprint density at radius 2 is 2.14 bits per heavy atom. The molecule has 1 N–H and O–H groups in total. The van der Waals surface area contributed by atoms with Crippen molar-refractivity contribution in [3.8, 4) is 0 Å². The molecule has 118 valence electrons. The third-order valence-corrected chi connectivity index (χ3v) is 6.65. The molecule has 2 rings (SSSR count). The van der Waals surface area contributed by atoms with E-state index in [4.69, 9.17) is 0 Å². The van der Waals surface area contributed by atoms with Crippen LogP contribution in [-0.2, 0) is 9.84 Å². The summed E-state index contributed by atoms with van der Waals surface area (Å²) >= 11 is 0.948. The van der Waals surface area contributed by atoms with Crippen LogP contribution in [0.4, 0.5) is 10.7 Å². The summed E-state index contributed by atoms with van der Waals surface area (Å²) in [5, 5.41) is 14.6. The van der Waals surface area contributed by atoms with E-state index in [0.29, 0.717) is 5.00 Å². The highest BCUT2D eigenvalue weighted by atomic mass is 32.2. The van der Waals surface area contributed by atoms with Gasteiger partial charge in [0.05, 0.1) is 4.92 Å². The number of hydrogen-bond acceptors (Lipinski definition) is 6. The minimum atomic E-state index is -3.43. The van der Waals surface area contributed by atoms with Gasteiger partial charge in [-0.3, -0.25) is 10.1 Å². The lowest BCUT2D eigenvalue weighted by molar-refractivity contribution is -0.383. The molecule has 1 saturated carbocycles. The van der Waals surface area contributed by atoms with Crippen LogP contribution < -0.4 is 5.32 Å². The SMILES string of the molecule is CC1(C)CCCC(Nc2sc(S(C)(=O)=O)cc2[N+](=O)[O-])C1. The van der Waals surface area contributed by atoms with Crippen LogP contribution in [0.25, 0.3) is 0 Å². The summed E-state index contributed by atoms with van der Waals surface area (Å²) in [5.41, 5.74) is 0.0607. The van der Waals surface area contributed by atoms with Crippen LogP contribution >= 0.6 is 11.3 Å². The lowest BCUT2D eigenvalue weighted by atomic mass is 9.75. The molecule has 21 heavy (non-hydrogen) atoms. The van der Waals surface area contributed by atoms with E-state index in [-0.39, 0.29) is 21.4 Å². The molecule has 0 saturated heterocycles. The molecule has 1 aromatic heterocycles. The maximum Gasteiger partial charge on any atom is 0.304 e. The molecule has 1 aromatic rings. The van der Waals surface area contributed by atoms with Gasteiger partial charge in [-0.15, -0.1) is 0 Å². The number of sulfone groups is 1. The first-order chi connectivity index (χ1) is 9.58. The molecule has 8 heteroatoms. The fraction of sp³-hybridized carbons (Fsp3) is 0.692. The van der Waals surface area contributed by atoms with E-state index < -0.39 is 14.8 Å². The third kappa shape index (κ3) is 3.94. The Morgan fingerprint density at radius 3 is 2.67 bits per heavy atom. The smallest absolute Gasteiger partial charge is 0.304 e. The zero-order chi connectivity index (χ0) is 15.8. The Hall–Kier alpha value is -1.15. The Kier molecular flexibility index (Phi) is 4.30. The van der Waals surface area contributed by atoms with Crippen LogP contribution in [-0.4, -0.2) is 25.6 Å². The average molecular weight is 332 g/mol. The van der Waals surface area contributed by atoms with Gasteiger partial charge in [-0.25, -0.2) is 8.42 Å². The molecule has 0 bridgehead atoms. The summed E-state index contributed by atoms with van der Waals surface area (Å²) in [6, 6.07) is 1.30. The number of nitrogens with zero attached hydrogens (tertiary/aromatic N) is 1. The normalized spacial score (nSPS) is 22.0. The zero-order valence-electron chi connectivity index (χ0n) is 12.4. The third-order valence-electron chi connectivity index (χ3n) is 3.79. The summed E-state index contributed by atoms with van der Waals surface area (Å²) in [6.45, 7) is 4.37. The van der Waals surface area contributed by atoms with Gasteiger partial charge in [0, 0.05) is 18.4 Å². The molecule has 1 atom stereocenters. The number of rotatable bonds is 4. The Morgan fingerprint density at radius 1 is 1.48 bits per heavy atom. The largest absolute Gasteiger partial charge is 0.368 e. The van der Waals surface area contributed by atoms with E-state index in [9.17, 15) is 18.5 Å². The molecule has 1 unspecified atom stereocenters. The van der Waals surface area contributed by atoms with Gasteiger partial charge in [0.15, 0.2) is 14.8 Å². The van der Waals surface area contributed by atoms with Crippen molar-refractivity contribution in [1.29, 1.82) is 0 Å². The minimum absolute atomic E-state index is 0.0340. The number of nitro groups is 1. The van der Waals surface area contributed by atoms with Crippen molar-refractivity contribution >= 4 is 31.9 Å². The second-order valence-electron chi connectivity index (χ2n) is 6.41. The summed E-state index contributed by atoms with van der Waals surface area (Å²) in [7, 11) is -3.43. The van der Waals surface area contributed by atoms with Gasteiger partial charge in [0.25, 0.3) is 0 Å². The van der Waals surface area contributed by atoms with Gasteiger partial charge < -0.3 is 5.32 Å². The first-order valence-electron chi connectivity index (χ1n) is 6.83. The van der Waals surface area contributed by atoms with E-state index in [2.05, 4.69) is 19.2 Å². The second kappa shape index (κ2) is 5.57. The lowest BCUT2D eigenvalue weighted by Gasteiger charge is -2.35. The van der Waals surface area contributed by atoms with Crippen molar-refractivity contribution in [1.82, 2.24) is 0 Å². The number of anilines is 1. The summed E-state index contributed by atoms with van der Waals surface area (Å²) in [5.74, 6) is 0. The molecule has 0 spiro atoms. The Balaban J connectivity index is 2.27. The van der Waals surface area contributed by atoms with Crippen molar-refractivity contribution in [2.45, 2.75) is 49.8 Å². The van der Waals surface area contributed by atoms with Gasteiger partial charge in [-0.2, -0.15) is 0 Å². The molecule has 1 fully saturated rings. The van der Waals surface area contributed by atoms with E-state index in [1.165, 1.54) is 0 Å². The topological polar surface area (TPSA) is 89.3 Å². The molecule has 0 amide bonds. The maximum absolute atomic E-state index is 11.6. The highest BCUT2D eigenvalue weighted by Gasteiger charge is 2.31. The van der Waals surface area contributed by atoms with Crippen LogP contribution in [0, 0.1) is 15.5 Å². The highest BCUT2D eigenvalue weighted by molar-refractivity contribution is 7.92. The Labute approximate surface area is 128 Å². The van der Waals surface area contributed by atoms with E-state index in [1.54, 1.807) is 0 Å². The van der Waals surface area contributed by atoms with Crippen molar-refractivity contribution in [2.75, 3.05) is 11.6 Å². The number of hydrogen-bond donors (Lipinski definition) is 1. The van der Waals surface area contributed by atoms with Gasteiger partial charge in [0.1, 0.15) is 4.21 Å². The van der Waals surface area contributed by atoms with Crippen LogP contribution in [0.5, 0.6) is 0 Å². The van der Waals surface area contributed by atoms with E-state index in [0.717, 1.165) is 49.3 Å². The molecular weight excluding hydrogens is 312 g/mol. The average Bonchev–Trinajstić information content (AvgIpc) is 2.71. The summed E-state index contributed by atoms with van der Waals surface area (Å²) in [4.78, 5) is 10.6. The lowest BCUT2D eigenvalue weighted by Crippen LogP contribution is -2.31. The van der Waals surface area contributed by atoms with Gasteiger partial charge >= 0.3 is 5.69 Å². The molecule has 1 heterocycles. The van der Waals surface area contributed by atoms with Crippen LogP contribution in [0.15, 0.2) is 10.3 Å². The standard InChI is InChI=1S/C13H20N2O4S2/c1-13(2)6-4-5-9(8-13)14-12-10(15(16)17)7-11(20-12)21(3,18)19/h7,9,14H,4-6,8H2,1-3H3. The molecule has 1 aliphatic carbocycles. The second-order valence-corrected chi connectivity index (χ2v) is 9.71. The van der Waals surface area contributed by atoms with Crippen molar-refractivity contribution < 1.29 is 13.3 Å². The first kappa shape index (κ1) is 16.2. The van der Waals surface area contributed by atoms with Gasteiger partial charge in [0.2, 0.25) is 0 Å². The number of nitrogens with one attached hydrogen (secondary N) is 1. The quantitative estimate of drug-likeness (QED) is 0.674. The van der Waals surface area contributed by atoms with Crippen molar-refractivity contribution in [3.05, 3.63) is 16.2 Å². The van der Waals surface area contributed by atoms with Gasteiger partial charge in [-0.05, 0) is 24.7 Å². The molecule has 1 aliphatic rings. The van der Waals surface area contributed by atoms with Crippen molar-refractivity contribution in [3.63, 3.8) is 0 Å². The first-order valence-corrected chi connectivity index (χ1v) is 9.54. The number of thiophene rings is 1. The molecule has 0 aliphatic heterocycles. The highest BCUT2D eigenvalue weighted by Crippen LogP contribution is 2.41. The maximum atomic E-state index is 11.6. The molecule has 6 nitrogen and oxygen atoms in total. The van der Waals surface area contributed by atoms with E-state index in [1.807, 2.05) is 0 Å². The van der Waals surface area contributed by atoms with Crippen LogP contribution in [0.3, 0.4) is 0 Å². The van der Waals surface area contributed by atoms with Crippen LogP contribution in [0.2, 0.25) is 0 Å². The minimum Gasteiger partial charge on any atom is -0.368 e. The van der Waals surface area contributed by atoms with E-state index >= 15 is 0 Å². The zero-order valence-corrected chi connectivity index (χ0v) is 14.0. The summed E-state index contributed by atoms with van der Waals surface area (Å²) < 4.78 is 23.2. The predicted octanol–water partition coefficient (Wildman–Crippen LogP) is 3.44. The fourth-order valence-corrected chi connectivity index (χ4v) is 4.80. The Bertz CT molecular complexity index is 649. The van der Waals surface area contributed by atoms with Gasteiger partial charge in [-0.1, -0.05) is 31.6 Å². The molecule has 0 aromatic carbocycles. The summed E-state index contributed by atoms with van der Waals surface area (Å²) in [6.07, 6.45) is 5.16.